The highest BCUT2D eigenvalue weighted by molar-refractivity contribution is 5.41. The highest BCUT2D eigenvalue weighted by Gasteiger charge is 2.20. The summed E-state index contributed by atoms with van der Waals surface area (Å²) in [4.78, 5) is 0. The molecule has 0 aliphatic heterocycles. The lowest BCUT2D eigenvalue weighted by Gasteiger charge is -2.23. The van der Waals surface area contributed by atoms with Gasteiger partial charge in [-0.15, -0.1) is 0 Å². The molecule has 1 nitrogen and oxygen atoms in total. The van der Waals surface area contributed by atoms with Gasteiger partial charge in [0.05, 0.1) is 0 Å². The van der Waals surface area contributed by atoms with Crippen molar-refractivity contribution in [2.45, 2.75) is 71.6 Å². The molecule has 1 heteroatoms. The quantitative estimate of drug-likeness (QED) is 0.720. The molecule has 0 aliphatic rings. The van der Waals surface area contributed by atoms with Gasteiger partial charge in [0.1, 0.15) is 5.75 Å². The van der Waals surface area contributed by atoms with Crippen LogP contribution in [0.4, 0.5) is 0 Å². The molecule has 1 unspecified atom stereocenters. The van der Waals surface area contributed by atoms with Gasteiger partial charge in [-0.1, -0.05) is 78.8 Å². The summed E-state index contributed by atoms with van der Waals surface area (Å²) in [6.45, 7) is 15.4. The molecule has 24 heavy (non-hydrogen) atoms. The summed E-state index contributed by atoms with van der Waals surface area (Å²) in [6, 6.07) is 15.9. The van der Waals surface area contributed by atoms with Gasteiger partial charge in [0.15, 0.2) is 0 Å². The van der Waals surface area contributed by atoms with Crippen LogP contribution in [0.15, 0.2) is 36.4 Å². The van der Waals surface area contributed by atoms with Gasteiger partial charge in [0.2, 0.25) is 0 Å². The third-order valence-corrected chi connectivity index (χ3v) is 4.61. The summed E-state index contributed by atoms with van der Waals surface area (Å²) in [5.41, 5.74) is 4.97. The van der Waals surface area contributed by atoms with Crippen LogP contribution in [0, 0.1) is 6.07 Å². The van der Waals surface area contributed by atoms with E-state index in [0.29, 0.717) is 11.7 Å². The Morgan fingerprint density at radius 3 is 2.21 bits per heavy atom. The van der Waals surface area contributed by atoms with Crippen molar-refractivity contribution in [3.63, 3.8) is 0 Å². The molecule has 0 saturated carbocycles. The number of hydrogen-bond donors (Lipinski definition) is 1. The Balaban J connectivity index is 2.26. The molecule has 129 valence electrons. The van der Waals surface area contributed by atoms with Crippen LogP contribution in [0.3, 0.4) is 0 Å². The summed E-state index contributed by atoms with van der Waals surface area (Å²) < 4.78 is 0. The molecule has 0 aliphatic carbocycles. The number of phenols is 1. The van der Waals surface area contributed by atoms with E-state index in [1.54, 1.807) is 0 Å². The van der Waals surface area contributed by atoms with Crippen molar-refractivity contribution >= 4 is 0 Å². The maximum absolute atomic E-state index is 10.1. The maximum Gasteiger partial charge on any atom is 0.119 e. The average Bonchev–Trinajstić information content (AvgIpc) is 2.47. The molecule has 1 atom stereocenters. The second kappa shape index (κ2) is 6.63. The lowest BCUT2D eigenvalue weighted by atomic mass is 9.82. The number of aromatic hydroxyl groups is 1. The topological polar surface area (TPSA) is 20.2 Å². The summed E-state index contributed by atoms with van der Waals surface area (Å²) in [5, 5.41) is 10.1. The second-order valence-corrected chi connectivity index (χ2v) is 8.99. The molecule has 2 aromatic carbocycles. The van der Waals surface area contributed by atoms with Crippen LogP contribution >= 0.6 is 0 Å². The average molecular weight is 324 g/mol. The third-order valence-electron chi connectivity index (χ3n) is 4.61. The van der Waals surface area contributed by atoms with E-state index < -0.39 is 0 Å². The monoisotopic (exact) mass is 323 g/mol. The van der Waals surface area contributed by atoms with Gasteiger partial charge in [-0.25, -0.2) is 0 Å². The van der Waals surface area contributed by atoms with Crippen LogP contribution in [-0.4, -0.2) is 5.11 Å². The molecule has 0 bridgehead atoms. The Morgan fingerprint density at radius 1 is 0.958 bits per heavy atom. The van der Waals surface area contributed by atoms with Crippen molar-refractivity contribution in [1.82, 2.24) is 0 Å². The van der Waals surface area contributed by atoms with E-state index in [0.717, 1.165) is 12.0 Å². The van der Waals surface area contributed by atoms with E-state index in [1.165, 1.54) is 16.7 Å². The van der Waals surface area contributed by atoms with E-state index in [9.17, 15) is 5.11 Å². The molecule has 0 aromatic heterocycles. The molecule has 2 rings (SSSR count). The highest BCUT2D eigenvalue weighted by atomic mass is 16.3. The van der Waals surface area contributed by atoms with Crippen LogP contribution in [0.25, 0.3) is 0 Å². The first-order valence-corrected chi connectivity index (χ1v) is 8.83. The Bertz CT molecular complexity index is 699. The lowest BCUT2D eigenvalue weighted by molar-refractivity contribution is 0.446. The van der Waals surface area contributed by atoms with E-state index >= 15 is 0 Å². The van der Waals surface area contributed by atoms with Crippen molar-refractivity contribution in [1.29, 1.82) is 0 Å². The van der Waals surface area contributed by atoms with Crippen LogP contribution in [0.2, 0.25) is 0 Å². The van der Waals surface area contributed by atoms with Gasteiger partial charge in [0.25, 0.3) is 0 Å². The standard InChI is InChI=1S/C23H31O/c1-16(18-9-8-10-19(15-18)22(2,3)4)13-17-11-12-21(24)20(14-17)23(5,6)7/h8-9,11-12,14-16,24H,13H2,1-7H3. The molecule has 1 radical (unpaired) electrons. The number of rotatable bonds is 3. The minimum atomic E-state index is -0.0511. The SMILES string of the molecule is CC(Cc1ccc(O)c(C(C)(C)C)c1)c1cc[c]c(C(C)(C)C)c1. The molecular formula is C23H31O. The predicted molar refractivity (Wildman–Crippen MR) is 103 cm³/mol. The molecule has 1 N–H and O–H groups in total. The molecule has 0 fully saturated rings. The smallest absolute Gasteiger partial charge is 0.119 e. The Hall–Kier alpha value is -1.76. The van der Waals surface area contributed by atoms with Crippen molar-refractivity contribution in [3.8, 4) is 5.75 Å². The summed E-state index contributed by atoms with van der Waals surface area (Å²) in [6.07, 6.45) is 0.969. The second-order valence-electron chi connectivity index (χ2n) is 8.99. The van der Waals surface area contributed by atoms with E-state index in [-0.39, 0.29) is 10.8 Å². The van der Waals surface area contributed by atoms with Gasteiger partial charge >= 0.3 is 0 Å². The first-order chi connectivity index (χ1) is 11.0. The number of phenolic OH excluding ortho intramolecular Hbond substituents is 1. The Morgan fingerprint density at radius 2 is 1.62 bits per heavy atom. The van der Waals surface area contributed by atoms with Crippen molar-refractivity contribution in [2.75, 3.05) is 0 Å². The minimum absolute atomic E-state index is 0.0511. The van der Waals surface area contributed by atoms with Crippen LogP contribution < -0.4 is 0 Å². The van der Waals surface area contributed by atoms with Gasteiger partial charge < -0.3 is 5.11 Å². The zero-order chi connectivity index (χ0) is 18.1. The fourth-order valence-corrected chi connectivity index (χ4v) is 3.01. The lowest BCUT2D eigenvalue weighted by Crippen LogP contribution is -2.13. The fraction of sp³-hybridized carbons (Fsp3) is 0.478. The van der Waals surface area contributed by atoms with Crippen LogP contribution in [0.1, 0.15) is 76.6 Å². The zero-order valence-corrected chi connectivity index (χ0v) is 16.2. The van der Waals surface area contributed by atoms with E-state index in [4.69, 9.17) is 0 Å². The van der Waals surface area contributed by atoms with E-state index in [1.807, 2.05) is 18.2 Å². The Kier molecular flexibility index (Phi) is 5.13. The predicted octanol–water partition coefficient (Wildman–Crippen LogP) is 6.13. The van der Waals surface area contributed by atoms with Crippen LogP contribution in [0.5, 0.6) is 5.75 Å². The maximum atomic E-state index is 10.1. The fourth-order valence-electron chi connectivity index (χ4n) is 3.01. The highest BCUT2D eigenvalue weighted by Crippen LogP contribution is 2.33. The van der Waals surface area contributed by atoms with Crippen LogP contribution in [-0.2, 0) is 17.3 Å². The number of hydrogen-bond acceptors (Lipinski definition) is 1. The summed E-state index contributed by atoms with van der Waals surface area (Å²) in [5.74, 6) is 0.821. The molecule has 0 amide bonds. The van der Waals surface area contributed by atoms with E-state index in [2.05, 4.69) is 72.7 Å². The minimum Gasteiger partial charge on any atom is -0.508 e. The van der Waals surface area contributed by atoms with Gasteiger partial charge in [0, 0.05) is 0 Å². The summed E-state index contributed by atoms with van der Waals surface area (Å²) >= 11 is 0. The third kappa shape index (κ3) is 4.41. The molecular weight excluding hydrogens is 292 g/mol. The normalized spacial score (nSPS) is 13.8. The molecule has 0 heterocycles. The molecule has 0 saturated heterocycles. The van der Waals surface area contributed by atoms with Gasteiger partial charge in [-0.3, -0.25) is 0 Å². The first-order valence-electron chi connectivity index (χ1n) is 8.83. The van der Waals surface area contributed by atoms with Crippen molar-refractivity contribution in [3.05, 3.63) is 64.7 Å². The zero-order valence-electron chi connectivity index (χ0n) is 16.2. The largest absolute Gasteiger partial charge is 0.508 e. The van der Waals surface area contributed by atoms with Crippen molar-refractivity contribution < 1.29 is 5.11 Å². The molecule has 0 spiro atoms. The van der Waals surface area contributed by atoms with Gasteiger partial charge in [-0.2, -0.15) is 0 Å². The van der Waals surface area contributed by atoms with Gasteiger partial charge in [-0.05, 0) is 57.6 Å². The van der Waals surface area contributed by atoms with Crippen molar-refractivity contribution in [2.24, 2.45) is 0 Å². The molecule has 2 aromatic rings. The number of benzene rings is 2. The Labute approximate surface area is 147 Å². The summed E-state index contributed by atoms with van der Waals surface area (Å²) in [7, 11) is 0. The first kappa shape index (κ1) is 18.6.